The predicted octanol–water partition coefficient (Wildman–Crippen LogP) is 2.86. The second-order valence-electron chi connectivity index (χ2n) is 3.75. The molecule has 0 saturated heterocycles. The van der Waals surface area contributed by atoms with Crippen LogP contribution in [0.2, 0.25) is 0 Å². The number of nitrogens with two attached hydrogens (primary N) is 1. The highest BCUT2D eigenvalue weighted by molar-refractivity contribution is 7.08. The van der Waals surface area contributed by atoms with Crippen molar-refractivity contribution in [1.82, 2.24) is 5.43 Å². The third-order valence-electron chi connectivity index (χ3n) is 2.76. The summed E-state index contributed by atoms with van der Waals surface area (Å²) < 4.78 is 0. The largest absolute Gasteiger partial charge is 0.271 e. The van der Waals surface area contributed by atoms with Crippen LogP contribution in [-0.2, 0) is 6.42 Å². The van der Waals surface area contributed by atoms with Crippen LogP contribution in [0, 0.1) is 0 Å². The maximum absolute atomic E-state index is 5.62. The fourth-order valence-electron chi connectivity index (χ4n) is 1.77. The minimum atomic E-state index is 0.0946. The molecule has 3 heteroatoms. The maximum Gasteiger partial charge on any atom is 0.0718 e. The van der Waals surface area contributed by atoms with E-state index in [-0.39, 0.29) is 6.04 Å². The van der Waals surface area contributed by atoms with Crippen molar-refractivity contribution in [2.24, 2.45) is 5.84 Å². The predicted molar refractivity (Wildman–Crippen MR) is 69.3 cm³/mol. The number of hydrazine groups is 1. The summed E-state index contributed by atoms with van der Waals surface area (Å²) >= 11 is 1.69. The molecule has 84 valence electrons. The van der Waals surface area contributed by atoms with E-state index < -0.39 is 0 Å². The summed E-state index contributed by atoms with van der Waals surface area (Å²) in [5.74, 6) is 5.62. The molecule has 1 unspecified atom stereocenters. The van der Waals surface area contributed by atoms with Gasteiger partial charge in [0, 0.05) is 0 Å². The quantitative estimate of drug-likeness (QED) is 0.628. The van der Waals surface area contributed by atoms with Gasteiger partial charge in [-0.3, -0.25) is 5.84 Å². The highest BCUT2D eigenvalue weighted by Gasteiger charge is 2.11. The molecule has 2 aromatic rings. The standard InChI is InChI=1S/C13H16N2S/c1-2-10-3-5-11(6-4-10)13(15-14)12-7-8-16-9-12/h3-9,13,15H,2,14H2,1H3. The molecule has 0 bridgehead atoms. The van der Waals surface area contributed by atoms with Crippen molar-refractivity contribution in [1.29, 1.82) is 0 Å². The van der Waals surface area contributed by atoms with Crippen LogP contribution in [-0.4, -0.2) is 0 Å². The number of nitrogens with one attached hydrogen (secondary N) is 1. The molecule has 1 aromatic heterocycles. The van der Waals surface area contributed by atoms with E-state index in [1.807, 2.05) is 0 Å². The van der Waals surface area contributed by atoms with Crippen molar-refractivity contribution in [3.05, 3.63) is 57.8 Å². The maximum atomic E-state index is 5.62. The Morgan fingerprint density at radius 3 is 2.44 bits per heavy atom. The van der Waals surface area contributed by atoms with Gasteiger partial charge in [-0.25, -0.2) is 5.43 Å². The molecule has 0 saturated carbocycles. The zero-order chi connectivity index (χ0) is 11.4. The summed E-state index contributed by atoms with van der Waals surface area (Å²) in [6, 6.07) is 10.8. The average molecular weight is 232 g/mol. The van der Waals surface area contributed by atoms with Crippen LogP contribution < -0.4 is 11.3 Å². The Bertz CT molecular complexity index is 420. The first-order valence-electron chi connectivity index (χ1n) is 5.42. The summed E-state index contributed by atoms with van der Waals surface area (Å²) in [5, 5.41) is 4.19. The molecule has 2 nitrogen and oxygen atoms in total. The highest BCUT2D eigenvalue weighted by Crippen LogP contribution is 2.23. The molecule has 1 aromatic carbocycles. The molecule has 16 heavy (non-hydrogen) atoms. The summed E-state index contributed by atoms with van der Waals surface area (Å²) in [4.78, 5) is 0. The van der Waals surface area contributed by atoms with Gasteiger partial charge in [-0.1, -0.05) is 31.2 Å². The van der Waals surface area contributed by atoms with Crippen molar-refractivity contribution >= 4 is 11.3 Å². The van der Waals surface area contributed by atoms with Gasteiger partial charge in [-0.05, 0) is 39.9 Å². The number of thiophene rings is 1. The van der Waals surface area contributed by atoms with Crippen molar-refractivity contribution in [3.63, 3.8) is 0 Å². The van der Waals surface area contributed by atoms with Crippen LogP contribution in [0.5, 0.6) is 0 Å². The topological polar surface area (TPSA) is 38.0 Å². The Labute approximate surface area is 100 Å². The normalized spacial score (nSPS) is 12.6. The van der Waals surface area contributed by atoms with E-state index in [4.69, 9.17) is 5.84 Å². The van der Waals surface area contributed by atoms with Crippen molar-refractivity contribution < 1.29 is 0 Å². The lowest BCUT2D eigenvalue weighted by atomic mass is 10.00. The molecule has 1 heterocycles. The SMILES string of the molecule is CCc1ccc(C(NN)c2ccsc2)cc1. The van der Waals surface area contributed by atoms with E-state index in [1.165, 1.54) is 16.7 Å². The lowest BCUT2D eigenvalue weighted by Gasteiger charge is -2.15. The second-order valence-corrected chi connectivity index (χ2v) is 4.53. The van der Waals surface area contributed by atoms with Gasteiger partial charge in [0.05, 0.1) is 6.04 Å². The fraction of sp³-hybridized carbons (Fsp3) is 0.231. The molecular formula is C13H16N2S. The first-order chi connectivity index (χ1) is 7.85. The third kappa shape index (κ3) is 2.32. The van der Waals surface area contributed by atoms with Crippen LogP contribution in [0.3, 0.4) is 0 Å². The third-order valence-corrected chi connectivity index (χ3v) is 3.47. The highest BCUT2D eigenvalue weighted by atomic mass is 32.1. The van der Waals surface area contributed by atoms with Gasteiger partial charge in [0.2, 0.25) is 0 Å². The Morgan fingerprint density at radius 1 is 1.19 bits per heavy atom. The molecule has 0 aliphatic heterocycles. The van der Waals surface area contributed by atoms with E-state index in [9.17, 15) is 0 Å². The zero-order valence-electron chi connectivity index (χ0n) is 9.31. The Hall–Kier alpha value is -1.16. The van der Waals surface area contributed by atoms with Gasteiger partial charge >= 0.3 is 0 Å². The monoisotopic (exact) mass is 232 g/mol. The molecule has 0 amide bonds. The number of benzene rings is 1. The molecule has 0 spiro atoms. The Morgan fingerprint density at radius 2 is 1.94 bits per heavy atom. The molecule has 0 radical (unpaired) electrons. The van der Waals surface area contributed by atoms with E-state index in [2.05, 4.69) is 53.4 Å². The van der Waals surface area contributed by atoms with Gasteiger partial charge in [-0.15, -0.1) is 0 Å². The fourth-order valence-corrected chi connectivity index (χ4v) is 2.46. The Kier molecular flexibility index (Phi) is 3.72. The molecular weight excluding hydrogens is 216 g/mol. The van der Waals surface area contributed by atoms with Crippen LogP contribution in [0.15, 0.2) is 41.1 Å². The summed E-state index contributed by atoms with van der Waals surface area (Å²) in [6.45, 7) is 2.16. The summed E-state index contributed by atoms with van der Waals surface area (Å²) in [7, 11) is 0. The summed E-state index contributed by atoms with van der Waals surface area (Å²) in [5.41, 5.74) is 6.64. The minimum absolute atomic E-state index is 0.0946. The molecule has 3 N–H and O–H groups in total. The number of hydrogen-bond donors (Lipinski definition) is 2. The molecule has 0 fully saturated rings. The first-order valence-corrected chi connectivity index (χ1v) is 6.36. The number of hydrogen-bond acceptors (Lipinski definition) is 3. The first kappa shape index (κ1) is 11.3. The van der Waals surface area contributed by atoms with Crippen molar-refractivity contribution in [2.45, 2.75) is 19.4 Å². The lowest BCUT2D eigenvalue weighted by molar-refractivity contribution is 0.638. The van der Waals surface area contributed by atoms with Crippen LogP contribution in [0.1, 0.15) is 29.7 Å². The van der Waals surface area contributed by atoms with Crippen LogP contribution in [0.4, 0.5) is 0 Å². The van der Waals surface area contributed by atoms with E-state index >= 15 is 0 Å². The average Bonchev–Trinajstić information content (AvgIpc) is 2.85. The molecule has 0 aliphatic carbocycles. The Balaban J connectivity index is 2.27. The molecule has 2 rings (SSSR count). The zero-order valence-corrected chi connectivity index (χ0v) is 10.1. The lowest BCUT2D eigenvalue weighted by Crippen LogP contribution is -2.28. The number of aryl methyl sites for hydroxylation is 1. The van der Waals surface area contributed by atoms with Gasteiger partial charge in [-0.2, -0.15) is 11.3 Å². The van der Waals surface area contributed by atoms with Gasteiger partial charge in [0.25, 0.3) is 0 Å². The van der Waals surface area contributed by atoms with Crippen LogP contribution >= 0.6 is 11.3 Å². The summed E-state index contributed by atoms with van der Waals surface area (Å²) in [6.07, 6.45) is 1.07. The van der Waals surface area contributed by atoms with Crippen molar-refractivity contribution in [2.75, 3.05) is 0 Å². The van der Waals surface area contributed by atoms with Gasteiger partial charge < -0.3 is 0 Å². The smallest absolute Gasteiger partial charge is 0.0718 e. The minimum Gasteiger partial charge on any atom is -0.271 e. The molecule has 0 aliphatic rings. The van der Waals surface area contributed by atoms with E-state index in [1.54, 1.807) is 11.3 Å². The van der Waals surface area contributed by atoms with Gasteiger partial charge in [0.15, 0.2) is 0 Å². The number of rotatable bonds is 4. The van der Waals surface area contributed by atoms with Crippen molar-refractivity contribution in [3.8, 4) is 0 Å². The van der Waals surface area contributed by atoms with Crippen LogP contribution in [0.25, 0.3) is 0 Å². The van der Waals surface area contributed by atoms with E-state index in [0.717, 1.165) is 6.42 Å². The van der Waals surface area contributed by atoms with Gasteiger partial charge in [0.1, 0.15) is 0 Å². The molecule has 1 atom stereocenters. The second kappa shape index (κ2) is 5.25. The van der Waals surface area contributed by atoms with E-state index in [0.29, 0.717) is 0 Å².